The van der Waals surface area contributed by atoms with E-state index in [0.29, 0.717) is 19.6 Å². The number of hydrogen-bond donors (Lipinski definition) is 4. The smallest absolute Gasteiger partial charge is 0.261 e. The SMILES string of the molecule is CCNC(=NCCCNC(=O)c1cccs1)NCCc1c[nH]c2cc(F)ccc12.I. The standard InChI is InChI=1S/C21H26FN5OS.HI/c1-2-23-21(25-10-4-9-24-20(28)19-5-3-12-29-19)26-11-8-15-14-27-18-13-16(22)6-7-17(15)18;/h3,5-7,12-14,27H,2,4,8-11H2,1H3,(H,24,28)(H2,23,25,26);1H. The number of benzene rings is 1. The Morgan fingerprint density at radius 2 is 2.07 bits per heavy atom. The molecule has 4 N–H and O–H groups in total. The molecule has 2 aromatic heterocycles. The molecule has 0 aliphatic rings. The molecule has 0 saturated carbocycles. The number of aromatic nitrogens is 1. The van der Waals surface area contributed by atoms with Crippen molar-refractivity contribution in [2.24, 2.45) is 4.99 Å². The fourth-order valence-electron chi connectivity index (χ4n) is 2.99. The second kappa shape index (κ2) is 12.5. The molecule has 0 bridgehead atoms. The molecule has 0 spiro atoms. The highest BCUT2D eigenvalue weighted by atomic mass is 127. The van der Waals surface area contributed by atoms with Gasteiger partial charge >= 0.3 is 0 Å². The van der Waals surface area contributed by atoms with Crippen molar-refractivity contribution in [3.8, 4) is 0 Å². The lowest BCUT2D eigenvalue weighted by atomic mass is 10.1. The van der Waals surface area contributed by atoms with Crippen molar-refractivity contribution >= 4 is 58.1 Å². The maximum Gasteiger partial charge on any atom is 0.261 e. The van der Waals surface area contributed by atoms with Crippen LogP contribution in [0.3, 0.4) is 0 Å². The summed E-state index contributed by atoms with van der Waals surface area (Å²) in [6.07, 6.45) is 3.49. The number of carbonyl (C=O) groups is 1. The molecule has 3 aromatic rings. The third-order valence-corrected chi connectivity index (χ3v) is 5.26. The van der Waals surface area contributed by atoms with E-state index in [1.807, 2.05) is 30.6 Å². The van der Waals surface area contributed by atoms with Gasteiger partial charge in [-0.15, -0.1) is 35.3 Å². The Labute approximate surface area is 196 Å². The van der Waals surface area contributed by atoms with Crippen LogP contribution in [0.1, 0.15) is 28.6 Å². The fourth-order valence-corrected chi connectivity index (χ4v) is 3.63. The first kappa shape index (κ1) is 24.1. The van der Waals surface area contributed by atoms with Crippen LogP contribution in [-0.4, -0.2) is 43.0 Å². The van der Waals surface area contributed by atoms with Crippen molar-refractivity contribution in [2.75, 3.05) is 26.2 Å². The molecule has 162 valence electrons. The zero-order valence-electron chi connectivity index (χ0n) is 16.8. The van der Waals surface area contributed by atoms with Gasteiger partial charge in [-0.25, -0.2) is 4.39 Å². The number of thiophene rings is 1. The number of halogens is 2. The third-order valence-electron chi connectivity index (χ3n) is 4.40. The van der Waals surface area contributed by atoms with Gasteiger partial charge in [-0.05, 0) is 55.0 Å². The molecule has 0 saturated heterocycles. The molecular formula is C21H27FIN5OS. The number of rotatable bonds is 9. The number of nitrogens with one attached hydrogen (secondary N) is 4. The lowest BCUT2D eigenvalue weighted by Gasteiger charge is -2.11. The summed E-state index contributed by atoms with van der Waals surface area (Å²) in [7, 11) is 0. The Bertz CT molecular complexity index is 958. The second-order valence-electron chi connectivity index (χ2n) is 6.53. The minimum absolute atomic E-state index is 0. The van der Waals surface area contributed by atoms with Gasteiger partial charge in [0.25, 0.3) is 5.91 Å². The first-order chi connectivity index (χ1) is 14.2. The number of nitrogens with zero attached hydrogens (tertiary/aromatic N) is 1. The number of H-pyrrole nitrogens is 1. The van der Waals surface area contributed by atoms with Gasteiger partial charge in [-0.1, -0.05) is 6.07 Å². The largest absolute Gasteiger partial charge is 0.361 e. The van der Waals surface area contributed by atoms with Crippen molar-refractivity contribution in [1.29, 1.82) is 0 Å². The van der Waals surface area contributed by atoms with E-state index < -0.39 is 0 Å². The van der Waals surface area contributed by atoms with Gasteiger partial charge in [-0.2, -0.15) is 0 Å². The van der Waals surface area contributed by atoms with E-state index in [9.17, 15) is 9.18 Å². The topological polar surface area (TPSA) is 81.3 Å². The average molecular weight is 543 g/mol. The van der Waals surface area contributed by atoms with Crippen LogP contribution in [0.2, 0.25) is 0 Å². The molecule has 30 heavy (non-hydrogen) atoms. The molecular weight excluding hydrogens is 516 g/mol. The van der Waals surface area contributed by atoms with Crippen LogP contribution in [0.25, 0.3) is 10.9 Å². The summed E-state index contributed by atoms with van der Waals surface area (Å²) >= 11 is 1.44. The van der Waals surface area contributed by atoms with Crippen molar-refractivity contribution in [3.05, 3.63) is 58.2 Å². The normalized spacial score (nSPS) is 11.2. The Morgan fingerprint density at radius 1 is 1.20 bits per heavy atom. The molecule has 0 unspecified atom stereocenters. The predicted molar refractivity (Wildman–Crippen MR) is 133 cm³/mol. The number of amides is 1. The Hall–Kier alpha value is -2.14. The minimum atomic E-state index is -0.239. The minimum Gasteiger partial charge on any atom is -0.361 e. The molecule has 9 heteroatoms. The van der Waals surface area contributed by atoms with Crippen molar-refractivity contribution < 1.29 is 9.18 Å². The van der Waals surface area contributed by atoms with Crippen LogP contribution in [0.15, 0.2) is 46.9 Å². The highest BCUT2D eigenvalue weighted by molar-refractivity contribution is 14.0. The Morgan fingerprint density at radius 3 is 2.83 bits per heavy atom. The van der Waals surface area contributed by atoms with E-state index in [0.717, 1.165) is 46.7 Å². The van der Waals surface area contributed by atoms with Crippen LogP contribution in [0.4, 0.5) is 4.39 Å². The van der Waals surface area contributed by atoms with E-state index in [4.69, 9.17) is 0 Å². The molecule has 1 aromatic carbocycles. The van der Waals surface area contributed by atoms with Crippen LogP contribution in [0, 0.1) is 5.82 Å². The van der Waals surface area contributed by atoms with E-state index in [2.05, 4.69) is 25.9 Å². The lowest BCUT2D eigenvalue weighted by molar-refractivity contribution is 0.0957. The zero-order valence-corrected chi connectivity index (χ0v) is 20.0. The number of hydrogen-bond acceptors (Lipinski definition) is 3. The maximum atomic E-state index is 13.3. The van der Waals surface area contributed by atoms with Gasteiger partial charge in [0.1, 0.15) is 5.82 Å². The van der Waals surface area contributed by atoms with Crippen molar-refractivity contribution in [1.82, 2.24) is 20.9 Å². The number of aromatic amines is 1. The fraction of sp³-hybridized carbons (Fsp3) is 0.333. The summed E-state index contributed by atoms with van der Waals surface area (Å²) in [6.45, 7) is 4.71. The lowest BCUT2D eigenvalue weighted by Crippen LogP contribution is -2.38. The number of aliphatic imine (C=N–C) groups is 1. The molecule has 0 radical (unpaired) electrons. The van der Waals surface area contributed by atoms with E-state index in [-0.39, 0.29) is 35.7 Å². The highest BCUT2D eigenvalue weighted by Crippen LogP contribution is 2.19. The van der Waals surface area contributed by atoms with Crippen molar-refractivity contribution in [3.63, 3.8) is 0 Å². The van der Waals surface area contributed by atoms with Crippen LogP contribution >= 0.6 is 35.3 Å². The Balaban J connectivity index is 0.00000320. The van der Waals surface area contributed by atoms with Crippen LogP contribution in [0.5, 0.6) is 0 Å². The molecule has 6 nitrogen and oxygen atoms in total. The highest BCUT2D eigenvalue weighted by Gasteiger charge is 2.06. The van der Waals surface area contributed by atoms with Gasteiger partial charge in [0.2, 0.25) is 0 Å². The first-order valence-electron chi connectivity index (χ1n) is 9.76. The van der Waals surface area contributed by atoms with Crippen LogP contribution in [-0.2, 0) is 6.42 Å². The molecule has 0 atom stereocenters. The summed E-state index contributed by atoms with van der Waals surface area (Å²) in [5.74, 6) is 0.479. The molecule has 0 aliphatic heterocycles. The summed E-state index contributed by atoms with van der Waals surface area (Å²) in [5.41, 5.74) is 1.95. The Kier molecular flexibility index (Phi) is 10.1. The van der Waals surface area contributed by atoms with Gasteiger partial charge in [-0.3, -0.25) is 9.79 Å². The molecule has 3 rings (SSSR count). The average Bonchev–Trinajstić information content (AvgIpc) is 3.37. The maximum absolute atomic E-state index is 13.3. The second-order valence-corrected chi connectivity index (χ2v) is 7.48. The van der Waals surface area contributed by atoms with Gasteiger partial charge < -0.3 is 20.9 Å². The van der Waals surface area contributed by atoms with Crippen LogP contribution < -0.4 is 16.0 Å². The summed E-state index contributed by atoms with van der Waals surface area (Å²) < 4.78 is 13.3. The van der Waals surface area contributed by atoms with E-state index in [1.165, 1.54) is 23.5 Å². The molecule has 0 aliphatic carbocycles. The van der Waals surface area contributed by atoms with Gasteiger partial charge in [0, 0.05) is 43.3 Å². The monoisotopic (exact) mass is 543 g/mol. The quantitative estimate of drug-likeness (QED) is 0.143. The first-order valence-corrected chi connectivity index (χ1v) is 10.6. The number of guanidine groups is 1. The summed E-state index contributed by atoms with van der Waals surface area (Å²) in [5, 5.41) is 12.4. The van der Waals surface area contributed by atoms with Gasteiger partial charge in [0.15, 0.2) is 5.96 Å². The molecule has 1 amide bonds. The van der Waals surface area contributed by atoms with E-state index in [1.54, 1.807) is 6.07 Å². The van der Waals surface area contributed by atoms with Gasteiger partial charge in [0.05, 0.1) is 4.88 Å². The summed E-state index contributed by atoms with van der Waals surface area (Å²) in [4.78, 5) is 20.3. The van der Waals surface area contributed by atoms with Crippen molar-refractivity contribution in [2.45, 2.75) is 19.8 Å². The number of fused-ring (bicyclic) bond motifs is 1. The predicted octanol–water partition coefficient (Wildman–Crippen LogP) is 3.90. The molecule has 0 fully saturated rings. The third kappa shape index (κ3) is 6.98. The zero-order chi connectivity index (χ0) is 20.5. The molecule has 2 heterocycles. The summed E-state index contributed by atoms with van der Waals surface area (Å²) in [6, 6.07) is 8.48. The number of carbonyl (C=O) groups excluding carboxylic acids is 1. The van der Waals surface area contributed by atoms with E-state index >= 15 is 0 Å².